The van der Waals surface area contributed by atoms with Crippen LogP contribution in [0.5, 0.6) is 0 Å². The molecule has 1 aliphatic heterocycles. The van der Waals surface area contributed by atoms with Gasteiger partial charge in [-0.15, -0.1) is 0 Å². The monoisotopic (exact) mass is 214 g/mol. The van der Waals surface area contributed by atoms with Crippen molar-refractivity contribution in [2.75, 3.05) is 19.7 Å². The highest BCUT2D eigenvalue weighted by molar-refractivity contribution is 7.80. The number of fused-ring (bicyclic) bond motifs is 1. The SMILES string of the molecule is CCNC(=S)N1CCOC2CCCC21. The Bertz CT molecular complexity index is 222. The van der Waals surface area contributed by atoms with Crippen molar-refractivity contribution in [3.8, 4) is 0 Å². The van der Waals surface area contributed by atoms with Crippen molar-refractivity contribution in [3.63, 3.8) is 0 Å². The number of rotatable bonds is 1. The van der Waals surface area contributed by atoms with Gasteiger partial charge in [-0.2, -0.15) is 0 Å². The summed E-state index contributed by atoms with van der Waals surface area (Å²) in [6.45, 7) is 4.77. The van der Waals surface area contributed by atoms with E-state index in [0.717, 1.165) is 24.8 Å². The van der Waals surface area contributed by atoms with Crippen LogP contribution in [0.15, 0.2) is 0 Å². The molecule has 4 heteroatoms. The summed E-state index contributed by atoms with van der Waals surface area (Å²) in [5.41, 5.74) is 0. The zero-order valence-corrected chi connectivity index (χ0v) is 9.48. The van der Waals surface area contributed by atoms with Crippen LogP contribution in [-0.2, 0) is 4.74 Å². The second-order valence-electron chi connectivity index (χ2n) is 3.94. The van der Waals surface area contributed by atoms with Crippen molar-refractivity contribution in [2.24, 2.45) is 0 Å². The smallest absolute Gasteiger partial charge is 0.169 e. The highest BCUT2D eigenvalue weighted by Gasteiger charge is 2.36. The Morgan fingerprint density at radius 1 is 1.57 bits per heavy atom. The second kappa shape index (κ2) is 4.45. The summed E-state index contributed by atoms with van der Waals surface area (Å²) >= 11 is 5.36. The van der Waals surface area contributed by atoms with Gasteiger partial charge in [-0.25, -0.2) is 0 Å². The molecule has 2 unspecified atom stereocenters. The molecule has 2 aliphatic rings. The van der Waals surface area contributed by atoms with E-state index in [1.54, 1.807) is 0 Å². The maximum Gasteiger partial charge on any atom is 0.169 e. The molecule has 2 atom stereocenters. The van der Waals surface area contributed by atoms with Crippen LogP contribution in [0.4, 0.5) is 0 Å². The third-order valence-electron chi connectivity index (χ3n) is 3.07. The Hall–Kier alpha value is -0.350. The number of morpholine rings is 1. The molecule has 0 aromatic carbocycles. The lowest BCUT2D eigenvalue weighted by Crippen LogP contribution is -2.54. The minimum atomic E-state index is 0.431. The van der Waals surface area contributed by atoms with Gasteiger partial charge in [0.1, 0.15) is 0 Å². The Morgan fingerprint density at radius 2 is 2.43 bits per heavy atom. The van der Waals surface area contributed by atoms with Crippen molar-refractivity contribution in [1.29, 1.82) is 0 Å². The summed E-state index contributed by atoms with van der Waals surface area (Å²) in [6.07, 6.45) is 4.15. The highest BCUT2D eigenvalue weighted by Crippen LogP contribution is 2.29. The van der Waals surface area contributed by atoms with Gasteiger partial charge in [0.25, 0.3) is 0 Å². The number of nitrogens with one attached hydrogen (secondary N) is 1. The van der Waals surface area contributed by atoms with Crippen LogP contribution in [-0.4, -0.2) is 41.9 Å². The fourth-order valence-electron chi connectivity index (χ4n) is 2.43. The predicted molar refractivity (Wildman–Crippen MR) is 60.4 cm³/mol. The Morgan fingerprint density at radius 3 is 3.21 bits per heavy atom. The van der Waals surface area contributed by atoms with Crippen LogP contribution in [0, 0.1) is 0 Å². The second-order valence-corrected chi connectivity index (χ2v) is 4.32. The fraction of sp³-hybridized carbons (Fsp3) is 0.900. The average molecular weight is 214 g/mol. The van der Waals surface area contributed by atoms with Crippen molar-refractivity contribution in [3.05, 3.63) is 0 Å². The van der Waals surface area contributed by atoms with Crippen LogP contribution >= 0.6 is 12.2 Å². The third-order valence-corrected chi connectivity index (χ3v) is 3.45. The lowest BCUT2D eigenvalue weighted by Gasteiger charge is -2.39. The molecular formula is C10H18N2OS. The van der Waals surface area contributed by atoms with E-state index < -0.39 is 0 Å². The number of hydrogen-bond donors (Lipinski definition) is 1. The zero-order chi connectivity index (χ0) is 9.97. The van der Waals surface area contributed by atoms with Crippen LogP contribution in [0.2, 0.25) is 0 Å². The first kappa shape index (κ1) is 10.2. The van der Waals surface area contributed by atoms with Gasteiger partial charge in [-0.1, -0.05) is 0 Å². The average Bonchev–Trinajstić information content (AvgIpc) is 2.65. The molecule has 3 nitrogen and oxygen atoms in total. The molecule has 1 saturated carbocycles. The van der Waals surface area contributed by atoms with Crippen molar-refractivity contribution in [1.82, 2.24) is 10.2 Å². The molecule has 14 heavy (non-hydrogen) atoms. The first-order valence-corrected chi connectivity index (χ1v) is 5.90. The first-order chi connectivity index (χ1) is 6.83. The molecule has 80 valence electrons. The van der Waals surface area contributed by atoms with Crippen LogP contribution < -0.4 is 5.32 Å². The van der Waals surface area contributed by atoms with Gasteiger partial charge in [0, 0.05) is 13.1 Å². The van der Waals surface area contributed by atoms with E-state index in [-0.39, 0.29) is 0 Å². The van der Waals surface area contributed by atoms with E-state index >= 15 is 0 Å². The molecule has 0 amide bonds. The molecule has 0 aromatic heterocycles. The van der Waals surface area contributed by atoms with Crippen LogP contribution in [0.25, 0.3) is 0 Å². The van der Waals surface area contributed by atoms with Gasteiger partial charge in [0.2, 0.25) is 0 Å². The van der Waals surface area contributed by atoms with Crippen LogP contribution in [0.1, 0.15) is 26.2 Å². The summed E-state index contributed by atoms with van der Waals surface area (Å²) in [5, 5.41) is 4.14. The number of ether oxygens (including phenoxy) is 1. The summed E-state index contributed by atoms with van der Waals surface area (Å²) in [4.78, 5) is 2.32. The molecule has 0 bridgehead atoms. The molecule has 0 aromatic rings. The molecular weight excluding hydrogens is 196 g/mol. The normalized spacial score (nSPS) is 31.4. The summed E-state index contributed by atoms with van der Waals surface area (Å²) < 4.78 is 5.73. The molecule has 0 spiro atoms. The molecule has 1 N–H and O–H groups in total. The largest absolute Gasteiger partial charge is 0.374 e. The number of nitrogens with zero attached hydrogens (tertiary/aromatic N) is 1. The third kappa shape index (κ3) is 1.86. The van der Waals surface area contributed by atoms with E-state index in [2.05, 4.69) is 17.1 Å². The molecule has 1 aliphatic carbocycles. The Balaban J connectivity index is 1.99. The lowest BCUT2D eigenvalue weighted by atomic mass is 10.1. The van der Waals surface area contributed by atoms with Gasteiger partial charge in [0.05, 0.1) is 18.8 Å². The maximum atomic E-state index is 5.73. The quantitative estimate of drug-likeness (QED) is 0.661. The van der Waals surface area contributed by atoms with E-state index in [9.17, 15) is 0 Å². The minimum Gasteiger partial charge on any atom is -0.374 e. The van der Waals surface area contributed by atoms with Crippen LogP contribution in [0.3, 0.4) is 0 Å². The predicted octanol–water partition coefficient (Wildman–Crippen LogP) is 1.13. The minimum absolute atomic E-state index is 0.431. The molecule has 0 radical (unpaired) electrons. The zero-order valence-electron chi connectivity index (χ0n) is 8.66. The number of hydrogen-bond acceptors (Lipinski definition) is 2. The summed E-state index contributed by atoms with van der Waals surface area (Å²) in [6, 6.07) is 0.537. The molecule has 1 saturated heterocycles. The fourth-order valence-corrected chi connectivity index (χ4v) is 2.80. The summed E-state index contributed by atoms with van der Waals surface area (Å²) in [7, 11) is 0. The lowest BCUT2D eigenvalue weighted by molar-refractivity contribution is -0.0295. The number of thiocarbonyl (C=S) groups is 1. The van der Waals surface area contributed by atoms with E-state index in [0.29, 0.717) is 12.1 Å². The van der Waals surface area contributed by atoms with Crippen molar-refractivity contribution < 1.29 is 4.74 Å². The van der Waals surface area contributed by atoms with E-state index in [1.807, 2.05) is 0 Å². The topological polar surface area (TPSA) is 24.5 Å². The maximum absolute atomic E-state index is 5.73. The Labute approximate surface area is 90.8 Å². The Kier molecular flexibility index (Phi) is 3.23. The van der Waals surface area contributed by atoms with Crippen molar-refractivity contribution in [2.45, 2.75) is 38.3 Å². The van der Waals surface area contributed by atoms with Gasteiger partial charge >= 0.3 is 0 Å². The first-order valence-electron chi connectivity index (χ1n) is 5.49. The standard InChI is InChI=1S/C10H18N2OS/c1-2-11-10(14)12-6-7-13-9-5-3-4-8(9)12/h8-9H,2-7H2,1H3,(H,11,14). The van der Waals surface area contributed by atoms with Gasteiger partial charge in [-0.3, -0.25) is 0 Å². The molecule has 1 heterocycles. The van der Waals surface area contributed by atoms with E-state index in [1.165, 1.54) is 19.3 Å². The summed E-state index contributed by atoms with van der Waals surface area (Å²) in [5.74, 6) is 0. The molecule has 2 rings (SSSR count). The highest BCUT2D eigenvalue weighted by atomic mass is 32.1. The van der Waals surface area contributed by atoms with E-state index in [4.69, 9.17) is 17.0 Å². The van der Waals surface area contributed by atoms with Crippen molar-refractivity contribution >= 4 is 17.3 Å². The van der Waals surface area contributed by atoms with Gasteiger partial charge in [-0.05, 0) is 38.4 Å². The van der Waals surface area contributed by atoms with Gasteiger partial charge in [0.15, 0.2) is 5.11 Å². The van der Waals surface area contributed by atoms with Gasteiger partial charge < -0.3 is 15.0 Å². The molecule has 2 fully saturated rings.